The van der Waals surface area contributed by atoms with E-state index in [1.165, 1.54) is 5.56 Å². The van der Waals surface area contributed by atoms with Gasteiger partial charge in [0.1, 0.15) is 0 Å². The van der Waals surface area contributed by atoms with Crippen LogP contribution in [0.25, 0.3) is 6.08 Å². The van der Waals surface area contributed by atoms with Crippen LogP contribution in [0.3, 0.4) is 0 Å². The molecule has 0 fully saturated rings. The van der Waals surface area contributed by atoms with Crippen LogP contribution in [0.4, 0.5) is 0 Å². The highest BCUT2D eigenvalue weighted by Crippen LogP contribution is 2.06. The van der Waals surface area contributed by atoms with Crippen LogP contribution in [0.2, 0.25) is 0 Å². The van der Waals surface area contributed by atoms with Crippen LogP contribution in [0.15, 0.2) is 42.9 Å². The van der Waals surface area contributed by atoms with Crippen molar-refractivity contribution in [2.75, 3.05) is 6.54 Å². The summed E-state index contributed by atoms with van der Waals surface area (Å²) < 4.78 is 0. The van der Waals surface area contributed by atoms with Gasteiger partial charge in [0.05, 0.1) is 6.33 Å². The molecule has 0 saturated heterocycles. The predicted molar refractivity (Wildman–Crippen MR) is 80.2 cm³/mol. The summed E-state index contributed by atoms with van der Waals surface area (Å²) in [7, 11) is 0. The Bertz CT molecular complexity index is 556. The molecule has 0 saturated carbocycles. The third-order valence-electron chi connectivity index (χ3n) is 3.06. The maximum Gasteiger partial charge on any atom is 0.244 e. The van der Waals surface area contributed by atoms with Crippen LogP contribution in [-0.2, 0) is 17.6 Å². The molecule has 1 aromatic carbocycles. The number of imidazole rings is 1. The van der Waals surface area contributed by atoms with E-state index in [1.807, 2.05) is 18.2 Å². The van der Waals surface area contributed by atoms with E-state index in [1.54, 1.807) is 18.6 Å². The Morgan fingerprint density at radius 1 is 1.35 bits per heavy atom. The SMILES string of the molecule is CCc1ccc(C=CC(=O)NCCc2cnc[nH]2)cc1. The van der Waals surface area contributed by atoms with Crippen LogP contribution < -0.4 is 5.32 Å². The second-order valence-corrected chi connectivity index (χ2v) is 4.55. The van der Waals surface area contributed by atoms with Gasteiger partial charge in [0.2, 0.25) is 5.91 Å². The Balaban J connectivity index is 1.76. The van der Waals surface area contributed by atoms with Gasteiger partial charge in [-0.05, 0) is 23.6 Å². The summed E-state index contributed by atoms with van der Waals surface area (Å²) in [6.45, 7) is 2.72. The van der Waals surface area contributed by atoms with Gasteiger partial charge in [-0.3, -0.25) is 4.79 Å². The summed E-state index contributed by atoms with van der Waals surface area (Å²) in [5.74, 6) is -0.0796. The molecular formula is C16H19N3O. The van der Waals surface area contributed by atoms with Gasteiger partial charge in [0.15, 0.2) is 0 Å². The van der Waals surface area contributed by atoms with Crippen molar-refractivity contribution in [1.82, 2.24) is 15.3 Å². The van der Waals surface area contributed by atoms with Gasteiger partial charge in [0.25, 0.3) is 0 Å². The average molecular weight is 269 g/mol. The number of carbonyl (C=O) groups excluding carboxylic acids is 1. The fourth-order valence-corrected chi connectivity index (χ4v) is 1.84. The zero-order valence-corrected chi connectivity index (χ0v) is 11.6. The number of nitrogens with one attached hydrogen (secondary N) is 2. The van der Waals surface area contributed by atoms with E-state index in [0.717, 1.165) is 24.1 Å². The summed E-state index contributed by atoms with van der Waals surface area (Å²) in [4.78, 5) is 18.6. The van der Waals surface area contributed by atoms with Crippen molar-refractivity contribution in [3.63, 3.8) is 0 Å². The quantitative estimate of drug-likeness (QED) is 0.791. The highest BCUT2D eigenvalue weighted by Gasteiger charge is 1.97. The Morgan fingerprint density at radius 3 is 2.80 bits per heavy atom. The van der Waals surface area contributed by atoms with E-state index >= 15 is 0 Å². The minimum absolute atomic E-state index is 0.0796. The first-order valence-corrected chi connectivity index (χ1v) is 6.80. The molecule has 0 unspecified atom stereocenters. The van der Waals surface area contributed by atoms with Crippen LogP contribution in [0.5, 0.6) is 0 Å². The van der Waals surface area contributed by atoms with Gasteiger partial charge in [-0.2, -0.15) is 0 Å². The molecule has 0 radical (unpaired) electrons. The molecule has 0 aliphatic rings. The molecule has 0 aliphatic heterocycles. The molecule has 4 nitrogen and oxygen atoms in total. The van der Waals surface area contributed by atoms with E-state index in [2.05, 4.69) is 34.3 Å². The molecule has 1 heterocycles. The lowest BCUT2D eigenvalue weighted by atomic mass is 10.1. The van der Waals surface area contributed by atoms with Crippen LogP contribution in [0, 0.1) is 0 Å². The maximum atomic E-state index is 11.6. The van der Waals surface area contributed by atoms with Crippen molar-refractivity contribution in [3.8, 4) is 0 Å². The van der Waals surface area contributed by atoms with Gasteiger partial charge in [-0.1, -0.05) is 31.2 Å². The fourth-order valence-electron chi connectivity index (χ4n) is 1.84. The minimum atomic E-state index is -0.0796. The number of benzene rings is 1. The number of aryl methyl sites for hydroxylation is 1. The minimum Gasteiger partial charge on any atom is -0.352 e. The molecule has 1 aromatic heterocycles. The largest absolute Gasteiger partial charge is 0.352 e. The summed E-state index contributed by atoms with van der Waals surface area (Å²) in [6.07, 6.45) is 8.57. The first-order valence-electron chi connectivity index (χ1n) is 6.80. The number of nitrogens with zero attached hydrogens (tertiary/aromatic N) is 1. The van der Waals surface area contributed by atoms with Crippen LogP contribution in [-0.4, -0.2) is 22.4 Å². The van der Waals surface area contributed by atoms with Crippen molar-refractivity contribution in [2.45, 2.75) is 19.8 Å². The molecule has 0 aliphatic carbocycles. The molecule has 2 aromatic rings. The molecular weight excluding hydrogens is 250 g/mol. The van der Waals surface area contributed by atoms with Crippen molar-refractivity contribution in [3.05, 3.63) is 59.7 Å². The molecule has 1 amide bonds. The Hall–Kier alpha value is -2.36. The Morgan fingerprint density at radius 2 is 2.15 bits per heavy atom. The normalized spacial score (nSPS) is 10.8. The highest BCUT2D eigenvalue weighted by molar-refractivity contribution is 5.91. The third kappa shape index (κ3) is 4.39. The lowest BCUT2D eigenvalue weighted by Gasteiger charge is -2.00. The summed E-state index contributed by atoms with van der Waals surface area (Å²) in [5, 5.41) is 2.84. The predicted octanol–water partition coefficient (Wildman–Crippen LogP) is 2.34. The zero-order chi connectivity index (χ0) is 14.2. The van der Waals surface area contributed by atoms with Crippen molar-refractivity contribution in [1.29, 1.82) is 0 Å². The van der Waals surface area contributed by atoms with E-state index in [-0.39, 0.29) is 5.91 Å². The summed E-state index contributed by atoms with van der Waals surface area (Å²) in [6, 6.07) is 8.20. The number of carbonyl (C=O) groups is 1. The summed E-state index contributed by atoms with van der Waals surface area (Å²) in [5.41, 5.74) is 3.35. The number of aromatic amines is 1. The van der Waals surface area contributed by atoms with Gasteiger partial charge in [-0.25, -0.2) is 4.98 Å². The van der Waals surface area contributed by atoms with Crippen LogP contribution >= 0.6 is 0 Å². The molecule has 20 heavy (non-hydrogen) atoms. The monoisotopic (exact) mass is 269 g/mol. The molecule has 0 spiro atoms. The third-order valence-corrected chi connectivity index (χ3v) is 3.06. The molecule has 2 N–H and O–H groups in total. The van der Waals surface area contributed by atoms with Crippen molar-refractivity contribution in [2.24, 2.45) is 0 Å². The molecule has 0 atom stereocenters. The van der Waals surface area contributed by atoms with E-state index < -0.39 is 0 Å². The second-order valence-electron chi connectivity index (χ2n) is 4.55. The standard InChI is InChI=1S/C16H19N3O/c1-2-13-3-5-14(6-4-13)7-8-16(20)18-10-9-15-11-17-12-19-15/h3-8,11-12H,2,9-10H2,1H3,(H,17,19)(H,18,20). The molecule has 2 rings (SSSR count). The second kappa shape index (κ2) is 7.28. The number of H-pyrrole nitrogens is 1. The molecule has 4 heteroatoms. The smallest absolute Gasteiger partial charge is 0.244 e. The highest BCUT2D eigenvalue weighted by atomic mass is 16.1. The van der Waals surface area contributed by atoms with Gasteiger partial charge in [0, 0.05) is 30.9 Å². The average Bonchev–Trinajstić information content (AvgIpc) is 2.99. The number of rotatable bonds is 6. The molecule has 0 bridgehead atoms. The first-order chi connectivity index (χ1) is 9.78. The number of hydrogen-bond acceptors (Lipinski definition) is 2. The Kier molecular flexibility index (Phi) is 5.12. The van der Waals surface area contributed by atoms with Gasteiger partial charge >= 0.3 is 0 Å². The summed E-state index contributed by atoms with van der Waals surface area (Å²) >= 11 is 0. The number of amides is 1. The number of aromatic nitrogens is 2. The zero-order valence-electron chi connectivity index (χ0n) is 11.6. The van der Waals surface area contributed by atoms with Gasteiger partial charge in [-0.15, -0.1) is 0 Å². The maximum absolute atomic E-state index is 11.6. The van der Waals surface area contributed by atoms with E-state index in [4.69, 9.17) is 0 Å². The lowest BCUT2D eigenvalue weighted by molar-refractivity contribution is -0.116. The van der Waals surface area contributed by atoms with Crippen molar-refractivity contribution < 1.29 is 4.79 Å². The first kappa shape index (κ1) is 14.1. The van der Waals surface area contributed by atoms with Crippen molar-refractivity contribution >= 4 is 12.0 Å². The topological polar surface area (TPSA) is 57.8 Å². The fraction of sp³-hybridized carbons (Fsp3) is 0.250. The van der Waals surface area contributed by atoms with E-state index in [9.17, 15) is 4.79 Å². The van der Waals surface area contributed by atoms with Gasteiger partial charge < -0.3 is 10.3 Å². The lowest BCUT2D eigenvalue weighted by Crippen LogP contribution is -2.23. The molecule has 104 valence electrons. The van der Waals surface area contributed by atoms with E-state index in [0.29, 0.717) is 6.54 Å². The Labute approximate surface area is 118 Å². The number of hydrogen-bond donors (Lipinski definition) is 2. The van der Waals surface area contributed by atoms with Crippen LogP contribution in [0.1, 0.15) is 23.7 Å².